The lowest BCUT2D eigenvalue weighted by molar-refractivity contribution is 0.0968. The van der Waals surface area contributed by atoms with E-state index in [1.807, 2.05) is 0 Å². The first-order chi connectivity index (χ1) is 8.12. The first kappa shape index (κ1) is 13.8. The van der Waals surface area contributed by atoms with Gasteiger partial charge in [-0.2, -0.15) is 0 Å². The fourth-order valence-corrected chi connectivity index (χ4v) is 2.43. The number of rotatable bonds is 6. The number of nitrogens with two attached hydrogens (primary N) is 1. The van der Waals surface area contributed by atoms with E-state index in [1.54, 1.807) is 20.2 Å². The number of nitrogen functional groups attached to an aromatic ring is 1. The highest BCUT2D eigenvalue weighted by molar-refractivity contribution is 7.18. The summed E-state index contributed by atoms with van der Waals surface area (Å²) in [6.07, 6.45) is 0.945. The molecule has 1 aromatic heterocycles. The second kappa shape index (κ2) is 6.46. The number of methoxy groups -OCH3 is 1. The summed E-state index contributed by atoms with van der Waals surface area (Å²) in [5.41, 5.74) is 6.29. The minimum atomic E-state index is -0.152. The highest BCUT2D eigenvalue weighted by Gasteiger charge is 2.14. The van der Waals surface area contributed by atoms with Crippen molar-refractivity contribution >= 4 is 27.9 Å². The molecule has 0 aliphatic heterocycles. The zero-order valence-electron chi connectivity index (χ0n) is 10.4. The molecule has 0 saturated carbocycles. The number of ether oxygens (including phenoxy) is 1. The zero-order valence-corrected chi connectivity index (χ0v) is 11.2. The molecule has 0 spiro atoms. The monoisotopic (exact) mass is 257 g/mol. The van der Waals surface area contributed by atoms with Crippen LogP contribution in [0.15, 0.2) is 6.07 Å². The lowest BCUT2D eigenvalue weighted by atomic mass is 10.2. The van der Waals surface area contributed by atoms with Crippen molar-refractivity contribution in [3.05, 3.63) is 10.9 Å². The number of amides is 1. The van der Waals surface area contributed by atoms with Gasteiger partial charge in [0.05, 0.1) is 17.3 Å². The van der Waals surface area contributed by atoms with E-state index in [2.05, 4.69) is 17.6 Å². The van der Waals surface area contributed by atoms with Crippen LogP contribution in [0.4, 0.5) is 10.7 Å². The molecule has 4 N–H and O–H groups in total. The third-order valence-electron chi connectivity index (χ3n) is 2.40. The summed E-state index contributed by atoms with van der Waals surface area (Å²) in [6, 6.07) is 2.02. The predicted molar refractivity (Wildman–Crippen MR) is 71.7 cm³/mol. The summed E-state index contributed by atoms with van der Waals surface area (Å²) < 4.78 is 5.10. The number of carbonyl (C=O) groups excluding carboxylic acids is 1. The highest BCUT2D eigenvalue weighted by Crippen LogP contribution is 2.29. The topological polar surface area (TPSA) is 76.4 Å². The summed E-state index contributed by atoms with van der Waals surface area (Å²) in [5.74, 6) is -0.152. The number of hydrogen-bond acceptors (Lipinski definition) is 5. The van der Waals surface area contributed by atoms with Crippen LogP contribution in [0, 0.1) is 0 Å². The number of carbonyl (C=O) groups is 1. The van der Waals surface area contributed by atoms with Crippen LogP contribution in [0.3, 0.4) is 0 Å². The Kier molecular flexibility index (Phi) is 5.24. The van der Waals surface area contributed by atoms with Crippen molar-refractivity contribution in [3.8, 4) is 0 Å². The molecule has 0 aliphatic rings. The normalized spacial score (nSPS) is 12.2. The van der Waals surface area contributed by atoms with E-state index in [9.17, 15) is 4.79 Å². The van der Waals surface area contributed by atoms with Crippen molar-refractivity contribution in [3.63, 3.8) is 0 Å². The third-order valence-corrected chi connectivity index (χ3v) is 3.48. The number of anilines is 2. The SMILES string of the molecule is CCC(COC)Nc1cc(N)c(C(=O)NC)s1. The van der Waals surface area contributed by atoms with Crippen LogP contribution < -0.4 is 16.4 Å². The van der Waals surface area contributed by atoms with Gasteiger partial charge in [0, 0.05) is 20.2 Å². The molecule has 0 aliphatic carbocycles. The molecule has 0 fully saturated rings. The number of nitrogens with one attached hydrogen (secondary N) is 2. The van der Waals surface area contributed by atoms with E-state index in [1.165, 1.54) is 11.3 Å². The lowest BCUT2D eigenvalue weighted by Gasteiger charge is -2.15. The van der Waals surface area contributed by atoms with Crippen LogP contribution in [-0.4, -0.2) is 32.7 Å². The third kappa shape index (κ3) is 3.61. The highest BCUT2D eigenvalue weighted by atomic mass is 32.1. The van der Waals surface area contributed by atoms with Gasteiger partial charge >= 0.3 is 0 Å². The van der Waals surface area contributed by atoms with Crippen molar-refractivity contribution in [1.29, 1.82) is 0 Å². The summed E-state index contributed by atoms with van der Waals surface area (Å²) in [5, 5.41) is 6.76. The van der Waals surface area contributed by atoms with Gasteiger partial charge in [0.25, 0.3) is 5.91 Å². The molecule has 1 unspecified atom stereocenters. The number of thiophene rings is 1. The fourth-order valence-electron chi connectivity index (χ4n) is 1.43. The van der Waals surface area contributed by atoms with Gasteiger partial charge in [-0.3, -0.25) is 4.79 Å². The predicted octanol–water partition coefficient (Wildman–Crippen LogP) is 1.53. The van der Waals surface area contributed by atoms with Gasteiger partial charge < -0.3 is 21.1 Å². The summed E-state index contributed by atoms with van der Waals surface area (Å²) >= 11 is 1.36. The maximum atomic E-state index is 11.5. The Morgan fingerprint density at radius 3 is 2.88 bits per heavy atom. The minimum Gasteiger partial charge on any atom is -0.397 e. The first-order valence-electron chi connectivity index (χ1n) is 5.49. The standard InChI is InChI=1S/C11H19N3O2S/c1-4-7(6-16-3)14-9-5-8(12)10(17-9)11(15)13-2/h5,7,14H,4,6,12H2,1-3H3,(H,13,15). The van der Waals surface area contributed by atoms with E-state index in [4.69, 9.17) is 10.5 Å². The Labute approximate surface area is 105 Å². The Balaban J connectivity index is 2.75. The molecule has 6 heteroatoms. The summed E-state index contributed by atoms with van der Waals surface area (Å²) in [4.78, 5) is 12.0. The maximum Gasteiger partial charge on any atom is 0.263 e. The molecule has 0 aromatic carbocycles. The number of hydrogen-bond donors (Lipinski definition) is 3. The Bertz CT molecular complexity index is 379. The van der Waals surface area contributed by atoms with Crippen LogP contribution in [-0.2, 0) is 4.74 Å². The summed E-state index contributed by atoms with van der Waals surface area (Å²) in [6.45, 7) is 2.71. The van der Waals surface area contributed by atoms with Gasteiger partial charge in [0.1, 0.15) is 4.88 Å². The van der Waals surface area contributed by atoms with Crippen molar-refractivity contribution in [2.75, 3.05) is 31.8 Å². The van der Waals surface area contributed by atoms with Crippen molar-refractivity contribution in [2.24, 2.45) is 0 Å². The average Bonchev–Trinajstić information content (AvgIpc) is 2.68. The van der Waals surface area contributed by atoms with Gasteiger partial charge in [0.15, 0.2) is 0 Å². The van der Waals surface area contributed by atoms with Crippen LogP contribution in [0.1, 0.15) is 23.0 Å². The Hall–Kier alpha value is -1.27. The molecule has 17 heavy (non-hydrogen) atoms. The molecule has 1 atom stereocenters. The second-order valence-electron chi connectivity index (χ2n) is 3.68. The van der Waals surface area contributed by atoms with E-state index in [0.29, 0.717) is 17.2 Å². The Morgan fingerprint density at radius 2 is 2.35 bits per heavy atom. The smallest absolute Gasteiger partial charge is 0.263 e. The van der Waals surface area contributed by atoms with E-state index in [0.717, 1.165) is 11.4 Å². The second-order valence-corrected chi connectivity index (χ2v) is 4.73. The van der Waals surface area contributed by atoms with Gasteiger partial charge in [-0.1, -0.05) is 6.92 Å². The van der Waals surface area contributed by atoms with Crippen LogP contribution in [0.2, 0.25) is 0 Å². The molecule has 0 saturated heterocycles. The Morgan fingerprint density at radius 1 is 1.65 bits per heavy atom. The molecule has 0 radical (unpaired) electrons. The van der Waals surface area contributed by atoms with E-state index < -0.39 is 0 Å². The van der Waals surface area contributed by atoms with Crippen LogP contribution >= 0.6 is 11.3 Å². The van der Waals surface area contributed by atoms with Crippen molar-refractivity contribution < 1.29 is 9.53 Å². The van der Waals surface area contributed by atoms with Crippen molar-refractivity contribution in [2.45, 2.75) is 19.4 Å². The molecule has 1 aromatic rings. The molecule has 5 nitrogen and oxygen atoms in total. The summed E-state index contributed by atoms with van der Waals surface area (Å²) in [7, 11) is 3.26. The maximum absolute atomic E-state index is 11.5. The zero-order chi connectivity index (χ0) is 12.8. The van der Waals surface area contributed by atoms with Crippen LogP contribution in [0.25, 0.3) is 0 Å². The molecule has 0 bridgehead atoms. The molecule has 1 rings (SSSR count). The molecule has 1 heterocycles. The van der Waals surface area contributed by atoms with Gasteiger partial charge in [0.2, 0.25) is 0 Å². The first-order valence-corrected chi connectivity index (χ1v) is 6.30. The fraction of sp³-hybridized carbons (Fsp3) is 0.545. The largest absolute Gasteiger partial charge is 0.397 e. The average molecular weight is 257 g/mol. The lowest BCUT2D eigenvalue weighted by Crippen LogP contribution is -2.23. The molecule has 96 valence electrons. The molecular weight excluding hydrogens is 238 g/mol. The van der Waals surface area contributed by atoms with Gasteiger partial charge in [-0.15, -0.1) is 11.3 Å². The quantitative estimate of drug-likeness (QED) is 0.722. The van der Waals surface area contributed by atoms with E-state index >= 15 is 0 Å². The molecule has 1 amide bonds. The molecular formula is C11H19N3O2S. The van der Waals surface area contributed by atoms with E-state index in [-0.39, 0.29) is 11.9 Å². The van der Waals surface area contributed by atoms with Crippen molar-refractivity contribution in [1.82, 2.24) is 5.32 Å². The van der Waals surface area contributed by atoms with Gasteiger partial charge in [-0.25, -0.2) is 0 Å². The van der Waals surface area contributed by atoms with Gasteiger partial charge in [-0.05, 0) is 12.5 Å². The minimum absolute atomic E-state index is 0.152. The van der Waals surface area contributed by atoms with Crippen LogP contribution in [0.5, 0.6) is 0 Å².